The van der Waals surface area contributed by atoms with Crippen LogP contribution in [-0.2, 0) is 6.54 Å². The predicted molar refractivity (Wildman–Crippen MR) is 159 cm³/mol. The minimum absolute atomic E-state index is 0.146. The van der Waals surface area contributed by atoms with Crippen LogP contribution in [0.1, 0.15) is 27.0 Å². The summed E-state index contributed by atoms with van der Waals surface area (Å²) in [6.45, 7) is 8.40. The van der Waals surface area contributed by atoms with Gasteiger partial charge >= 0.3 is 0 Å². The standard InChI is InChI=1S/C18H21N3O.C15H14N2O/c1-15-3-2-4-17(13-15)18(22)21-11-9-20(10-12-21)14-16-5-7-19-8-6-16;1-10-7-12-13(9-17-15(12)16-8-10)11-5-3-4-6-14(11)18-2/h2-8,13H,9-12,14H2,1H3;3-9H,1-2H3,(H,16,17). The van der Waals surface area contributed by atoms with Gasteiger partial charge in [-0.2, -0.15) is 0 Å². The molecule has 3 aromatic heterocycles. The molecule has 0 radical (unpaired) electrons. The van der Waals surface area contributed by atoms with Crippen molar-refractivity contribution >= 4 is 16.9 Å². The molecule has 6 rings (SSSR count). The summed E-state index contributed by atoms with van der Waals surface area (Å²) in [5.74, 6) is 1.02. The number of nitrogens with one attached hydrogen (secondary N) is 1. The molecule has 1 aliphatic heterocycles. The number of carbonyl (C=O) groups excluding carboxylic acids is 1. The van der Waals surface area contributed by atoms with E-state index in [1.807, 2.05) is 98.1 Å². The van der Waals surface area contributed by atoms with Gasteiger partial charge in [0, 0.05) is 79.6 Å². The third-order valence-electron chi connectivity index (χ3n) is 7.15. The van der Waals surface area contributed by atoms with E-state index in [-0.39, 0.29) is 5.91 Å². The highest BCUT2D eigenvalue weighted by Crippen LogP contribution is 2.34. The summed E-state index contributed by atoms with van der Waals surface area (Å²) in [4.78, 5) is 28.5. The summed E-state index contributed by atoms with van der Waals surface area (Å²) in [6, 6.07) is 22.1. The predicted octanol–water partition coefficient (Wildman–Crippen LogP) is 5.89. The normalized spacial score (nSPS) is 13.5. The Morgan fingerprint density at radius 3 is 2.42 bits per heavy atom. The molecule has 7 heteroatoms. The summed E-state index contributed by atoms with van der Waals surface area (Å²) in [6.07, 6.45) is 7.50. The molecule has 0 atom stereocenters. The number of aromatic amines is 1. The molecule has 7 nitrogen and oxygen atoms in total. The number of hydrogen-bond donors (Lipinski definition) is 1. The van der Waals surface area contributed by atoms with Crippen molar-refractivity contribution in [3.63, 3.8) is 0 Å². The molecule has 0 spiro atoms. The van der Waals surface area contributed by atoms with Crippen molar-refractivity contribution in [1.82, 2.24) is 24.8 Å². The highest BCUT2D eigenvalue weighted by Gasteiger charge is 2.22. The third-order valence-corrected chi connectivity index (χ3v) is 7.15. The van der Waals surface area contributed by atoms with Crippen molar-refractivity contribution in [3.8, 4) is 16.9 Å². The highest BCUT2D eigenvalue weighted by molar-refractivity contribution is 5.95. The van der Waals surface area contributed by atoms with Crippen LogP contribution < -0.4 is 4.74 Å². The van der Waals surface area contributed by atoms with E-state index in [2.05, 4.69) is 32.0 Å². The van der Waals surface area contributed by atoms with Crippen LogP contribution in [0, 0.1) is 13.8 Å². The number of aromatic nitrogens is 3. The first-order valence-electron chi connectivity index (χ1n) is 13.6. The first kappa shape index (κ1) is 27.1. The van der Waals surface area contributed by atoms with Crippen molar-refractivity contribution < 1.29 is 9.53 Å². The molecule has 204 valence electrons. The summed E-state index contributed by atoms with van der Waals surface area (Å²) < 4.78 is 5.41. The molecule has 5 aromatic rings. The van der Waals surface area contributed by atoms with E-state index in [4.69, 9.17) is 4.74 Å². The number of ether oxygens (including phenoxy) is 1. The van der Waals surface area contributed by atoms with Crippen LogP contribution in [-0.4, -0.2) is 63.9 Å². The lowest BCUT2D eigenvalue weighted by molar-refractivity contribution is 0.0628. The zero-order valence-corrected chi connectivity index (χ0v) is 23.3. The van der Waals surface area contributed by atoms with Crippen LogP contribution >= 0.6 is 0 Å². The van der Waals surface area contributed by atoms with Gasteiger partial charge in [0.2, 0.25) is 0 Å². The molecule has 0 aliphatic carbocycles. The Labute approximate surface area is 235 Å². The quantitative estimate of drug-likeness (QED) is 0.305. The van der Waals surface area contributed by atoms with Gasteiger partial charge in [0.25, 0.3) is 5.91 Å². The lowest BCUT2D eigenvalue weighted by Crippen LogP contribution is -2.48. The Hall–Kier alpha value is -4.49. The number of amides is 1. The van der Waals surface area contributed by atoms with E-state index < -0.39 is 0 Å². The van der Waals surface area contributed by atoms with Crippen LogP contribution in [0.5, 0.6) is 5.75 Å². The molecule has 4 heterocycles. The van der Waals surface area contributed by atoms with Crippen molar-refractivity contribution in [2.24, 2.45) is 0 Å². The molecule has 1 fully saturated rings. The van der Waals surface area contributed by atoms with Gasteiger partial charge in [-0.3, -0.25) is 14.7 Å². The number of carbonyl (C=O) groups is 1. The zero-order valence-electron chi connectivity index (χ0n) is 23.3. The van der Waals surface area contributed by atoms with E-state index in [0.29, 0.717) is 0 Å². The first-order chi connectivity index (χ1) is 19.5. The number of rotatable bonds is 5. The average Bonchev–Trinajstić information content (AvgIpc) is 3.41. The molecule has 0 bridgehead atoms. The van der Waals surface area contributed by atoms with Crippen molar-refractivity contribution in [1.29, 1.82) is 0 Å². The van der Waals surface area contributed by atoms with Crippen LogP contribution in [0.25, 0.3) is 22.2 Å². The minimum atomic E-state index is 0.146. The third kappa shape index (κ3) is 6.38. The zero-order chi connectivity index (χ0) is 27.9. The Bertz CT molecular complexity index is 1570. The Morgan fingerprint density at radius 2 is 1.68 bits per heavy atom. The number of piperazine rings is 1. The number of hydrogen-bond acceptors (Lipinski definition) is 5. The van der Waals surface area contributed by atoms with E-state index in [9.17, 15) is 4.79 Å². The molecule has 1 saturated heterocycles. The molecular weight excluding hydrogens is 498 g/mol. The number of benzene rings is 2. The molecule has 1 N–H and O–H groups in total. The van der Waals surface area contributed by atoms with E-state index in [0.717, 1.165) is 77.3 Å². The first-order valence-corrected chi connectivity index (χ1v) is 13.6. The monoisotopic (exact) mass is 533 g/mol. The number of methoxy groups -OCH3 is 1. The average molecular weight is 534 g/mol. The molecule has 40 heavy (non-hydrogen) atoms. The fourth-order valence-corrected chi connectivity index (χ4v) is 5.01. The fourth-order valence-electron chi connectivity index (χ4n) is 5.01. The number of aryl methyl sites for hydroxylation is 2. The maximum atomic E-state index is 12.5. The Balaban J connectivity index is 0.000000164. The topological polar surface area (TPSA) is 74.3 Å². The van der Waals surface area contributed by atoms with Gasteiger partial charge in [0.1, 0.15) is 11.4 Å². The minimum Gasteiger partial charge on any atom is -0.496 e. The molecular formula is C33H35N5O2. The van der Waals surface area contributed by atoms with Crippen molar-refractivity contribution in [3.05, 3.63) is 114 Å². The summed E-state index contributed by atoms with van der Waals surface area (Å²) in [5.41, 5.74) is 7.45. The second kappa shape index (κ2) is 12.6. The molecule has 0 saturated carbocycles. The maximum absolute atomic E-state index is 12.5. The van der Waals surface area contributed by atoms with Gasteiger partial charge in [-0.15, -0.1) is 0 Å². The molecule has 1 aliphatic rings. The Morgan fingerprint density at radius 1 is 0.900 bits per heavy atom. The van der Waals surface area contributed by atoms with Gasteiger partial charge in [0.05, 0.1) is 7.11 Å². The van der Waals surface area contributed by atoms with Crippen LogP contribution in [0.15, 0.2) is 91.5 Å². The van der Waals surface area contributed by atoms with E-state index >= 15 is 0 Å². The van der Waals surface area contributed by atoms with Gasteiger partial charge in [0.15, 0.2) is 0 Å². The number of pyridine rings is 2. The number of fused-ring (bicyclic) bond motifs is 1. The van der Waals surface area contributed by atoms with Crippen molar-refractivity contribution in [2.45, 2.75) is 20.4 Å². The highest BCUT2D eigenvalue weighted by atomic mass is 16.5. The van der Waals surface area contributed by atoms with Crippen LogP contribution in [0.2, 0.25) is 0 Å². The van der Waals surface area contributed by atoms with Gasteiger partial charge in [-0.1, -0.05) is 35.9 Å². The SMILES string of the molecule is COc1ccccc1-c1c[nH]c2ncc(C)cc12.Cc1cccc(C(=O)N2CCN(Cc3ccncc3)CC2)c1. The molecule has 1 amide bonds. The largest absolute Gasteiger partial charge is 0.496 e. The number of nitrogens with zero attached hydrogens (tertiary/aromatic N) is 4. The Kier molecular flexibility index (Phi) is 8.52. The second-order valence-electron chi connectivity index (χ2n) is 10.1. The van der Waals surface area contributed by atoms with Crippen LogP contribution in [0.3, 0.4) is 0 Å². The fraction of sp³-hybridized carbons (Fsp3) is 0.242. The van der Waals surface area contributed by atoms with Gasteiger partial charge in [-0.05, 0) is 61.4 Å². The maximum Gasteiger partial charge on any atom is 0.253 e. The summed E-state index contributed by atoms with van der Waals surface area (Å²) >= 11 is 0. The molecule has 0 unspecified atom stereocenters. The summed E-state index contributed by atoms with van der Waals surface area (Å²) in [5, 5.41) is 1.12. The van der Waals surface area contributed by atoms with Gasteiger partial charge < -0.3 is 14.6 Å². The number of H-pyrrole nitrogens is 1. The lowest BCUT2D eigenvalue weighted by Gasteiger charge is -2.34. The molecule has 2 aromatic carbocycles. The van der Waals surface area contributed by atoms with Crippen LogP contribution in [0.4, 0.5) is 0 Å². The number of para-hydroxylation sites is 1. The van der Waals surface area contributed by atoms with Crippen molar-refractivity contribution in [2.75, 3.05) is 33.3 Å². The second-order valence-corrected chi connectivity index (χ2v) is 10.1. The smallest absolute Gasteiger partial charge is 0.253 e. The van der Waals surface area contributed by atoms with Gasteiger partial charge in [-0.25, -0.2) is 4.98 Å². The van der Waals surface area contributed by atoms with E-state index in [1.165, 1.54) is 5.56 Å². The summed E-state index contributed by atoms with van der Waals surface area (Å²) in [7, 11) is 1.69. The van der Waals surface area contributed by atoms with E-state index in [1.54, 1.807) is 7.11 Å². The lowest BCUT2D eigenvalue weighted by atomic mass is 10.0.